The van der Waals surface area contributed by atoms with Crippen molar-refractivity contribution in [1.82, 2.24) is 9.55 Å². The second-order valence-corrected chi connectivity index (χ2v) is 14.6. The molecule has 10 aromatic rings. The van der Waals surface area contributed by atoms with Gasteiger partial charge < -0.3 is 9.47 Å². The minimum atomic E-state index is 0.652. The Labute approximate surface area is 323 Å². The van der Waals surface area contributed by atoms with E-state index in [1.807, 2.05) is 30.3 Å². The van der Waals surface area contributed by atoms with E-state index in [1.54, 1.807) is 11.3 Å². The second-order valence-electron chi connectivity index (χ2n) is 13.6. The maximum Gasteiger partial charge on any atom is 0.124 e. The molecule has 0 fully saturated rings. The maximum atomic E-state index is 9.38. The lowest BCUT2D eigenvalue weighted by Gasteiger charge is -2.25. The van der Waals surface area contributed by atoms with Crippen LogP contribution in [-0.2, 0) is 0 Å². The molecule has 0 saturated heterocycles. The zero-order chi connectivity index (χ0) is 36.7. The van der Waals surface area contributed by atoms with E-state index in [9.17, 15) is 5.26 Å². The van der Waals surface area contributed by atoms with Gasteiger partial charge in [0, 0.05) is 39.1 Å². The molecule has 0 unspecified atom stereocenters. The van der Waals surface area contributed by atoms with Crippen LogP contribution in [0.3, 0.4) is 0 Å². The van der Waals surface area contributed by atoms with Crippen molar-refractivity contribution < 1.29 is 0 Å². The standard InChI is InChI=1S/C50H32N4S/c51-33-34-19-21-35(22-20-34)38-13-10-18-43(31-38)54-47-30-25-39(32-45(47)44-28-29-46-49(48(44)54)55-50(52-46)37-11-4-1-5-12-37)36-23-26-42(27-24-36)53(40-14-6-2-7-15-40)41-16-8-3-9-17-41/h1-32H. The van der Waals surface area contributed by atoms with E-state index in [4.69, 9.17) is 4.98 Å². The molecule has 0 N–H and O–H groups in total. The topological polar surface area (TPSA) is 44.9 Å². The lowest BCUT2D eigenvalue weighted by Crippen LogP contribution is -2.09. The number of para-hydroxylation sites is 2. The maximum absolute atomic E-state index is 9.38. The lowest BCUT2D eigenvalue weighted by atomic mass is 10.0. The van der Waals surface area contributed by atoms with Crippen molar-refractivity contribution in [2.45, 2.75) is 0 Å². The van der Waals surface area contributed by atoms with Crippen molar-refractivity contribution in [2.75, 3.05) is 4.90 Å². The molecular weight excluding hydrogens is 689 g/mol. The van der Waals surface area contributed by atoms with Gasteiger partial charge in [-0.1, -0.05) is 109 Å². The van der Waals surface area contributed by atoms with Crippen molar-refractivity contribution in [2.24, 2.45) is 0 Å². The van der Waals surface area contributed by atoms with Crippen molar-refractivity contribution >= 4 is 60.4 Å². The number of nitrogens with zero attached hydrogens (tertiary/aromatic N) is 4. The molecule has 8 aromatic carbocycles. The van der Waals surface area contributed by atoms with E-state index in [0.29, 0.717) is 5.56 Å². The molecule has 10 rings (SSSR count). The molecule has 0 saturated carbocycles. The molecule has 0 aliphatic rings. The van der Waals surface area contributed by atoms with Gasteiger partial charge in [-0.3, -0.25) is 0 Å². The van der Waals surface area contributed by atoms with Gasteiger partial charge in [0.05, 0.1) is 32.9 Å². The first-order valence-corrected chi connectivity index (χ1v) is 19.1. The van der Waals surface area contributed by atoms with Crippen LogP contribution in [0.2, 0.25) is 0 Å². The molecule has 0 radical (unpaired) electrons. The number of hydrogen-bond donors (Lipinski definition) is 0. The molecule has 2 aromatic heterocycles. The number of benzene rings is 8. The molecule has 4 nitrogen and oxygen atoms in total. The summed E-state index contributed by atoms with van der Waals surface area (Å²) in [7, 11) is 0. The summed E-state index contributed by atoms with van der Waals surface area (Å²) in [6, 6.07) is 70.3. The van der Waals surface area contributed by atoms with Gasteiger partial charge in [0.1, 0.15) is 5.01 Å². The first-order chi connectivity index (χ1) is 27.2. The van der Waals surface area contributed by atoms with Gasteiger partial charge in [0.15, 0.2) is 0 Å². The Morgan fingerprint density at radius 3 is 1.75 bits per heavy atom. The van der Waals surface area contributed by atoms with Crippen LogP contribution in [0.25, 0.3) is 70.5 Å². The van der Waals surface area contributed by atoms with Crippen molar-refractivity contribution in [3.8, 4) is 44.6 Å². The van der Waals surface area contributed by atoms with Gasteiger partial charge in [-0.05, 0) is 107 Å². The van der Waals surface area contributed by atoms with Gasteiger partial charge in [-0.2, -0.15) is 5.26 Å². The third-order valence-corrected chi connectivity index (χ3v) is 11.4. The number of anilines is 3. The predicted octanol–water partition coefficient (Wildman–Crippen LogP) is 13.7. The highest BCUT2D eigenvalue weighted by molar-refractivity contribution is 7.22. The number of nitriles is 1. The summed E-state index contributed by atoms with van der Waals surface area (Å²) >= 11 is 1.74. The summed E-state index contributed by atoms with van der Waals surface area (Å²) in [5.41, 5.74) is 13.9. The fraction of sp³-hybridized carbons (Fsp3) is 0. The quantitative estimate of drug-likeness (QED) is 0.165. The zero-order valence-corrected chi connectivity index (χ0v) is 30.5. The van der Waals surface area contributed by atoms with Gasteiger partial charge in [0.25, 0.3) is 0 Å². The second kappa shape index (κ2) is 13.6. The Kier molecular flexibility index (Phi) is 8.02. The molecule has 0 amide bonds. The fourth-order valence-electron chi connectivity index (χ4n) is 7.60. The van der Waals surface area contributed by atoms with E-state index >= 15 is 0 Å². The van der Waals surface area contributed by atoms with E-state index in [2.05, 4.69) is 179 Å². The Balaban J connectivity index is 1.13. The zero-order valence-electron chi connectivity index (χ0n) is 29.7. The normalized spacial score (nSPS) is 11.3. The molecule has 0 aliphatic carbocycles. The van der Waals surface area contributed by atoms with Crippen molar-refractivity contribution in [1.29, 1.82) is 5.26 Å². The average molecular weight is 721 g/mol. The molecule has 5 heteroatoms. The molecule has 2 heterocycles. The molecule has 0 bridgehead atoms. The predicted molar refractivity (Wildman–Crippen MR) is 230 cm³/mol. The number of fused-ring (bicyclic) bond motifs is 5. The lowest BCUT2D eigenvalue weighted by molar-refractivity contribution is 1.19. The van der Waals surface area contributed by atoms with Crippen molar-refractivity contribution in [3.63, 3.8) is 0 Å². The first-order valence-electron chi connectivity index (χ1n) is 18.3. The van der Waals surface area contributed by atoms with Gasteiger partial charge in [0.2, 0.25) is 0 Å². The van der Waals surface area contributed by atoms with Crippen LogP contribution in [0.5, 0.6) is 0 Å². The number of thiazole rings is 1. The summed E-state index contributed by atoms with van der Waals surface area (Å²) in [5.74, 6) is 0. The van der Waals surface area contributed by atoms with Crippen LogP contribution in [0.4, 0.5) is 17.1 Å². The van der Waals surface area contributed by atoms with Gasteiger partial charge in [-0.15, -0.1) is 11.3 Å². The molecular formula is C50H32N4S. The Bertz CT molecular complexity index is 2970. The molecule has 0 spiro atoms. The Hall–Kier alpha value is -7.26. The highest BCUT2D eigenvalue weighted by atomic mass is 32.1. The molecule has 0 atom stereocenters. The van der Waals surface area contributed by atoms with Crippen LogP contribution < -0.4 is 4.90 Å². The van der Waals surface area contributed by atoms with Crippen LogP contribution in [-0.4, -0.2) is 9.55 Å². The summed E-state index contributed by atoms with van der Waals surface area (Å²) in [5, 5.41) is 12.8. The molecule has 258 valence electrons. The minimum absolute atomic E-state index is 0.652. The van der Waals surface area contributed by atoms with E-state index in [-0.39, 0.29) is 0 Å². The summed E-state index contributed by atoms with van der Waals surface area (Å²) in [4.78, 5) is 7.41. The minimum Gasteiger partial charge on any atom is -0.311 e. The summed E-state index contributed by atoms with van der Waals surface area (Å²) in [6.07, 6.45) is 0. The van der Waals surface area contributed by atoms with E-state index in [1.165, 1.54) is 10.8 Å². The van der Waals surface area contributed by atoms with E-state index in [0.717, 1.165) is 76.8 Å². The number of aromatic nitrogens is 2. The third kappa shape index (κ3) is 5.82. The van der Waals surface area contributed by atoms with Crippen LogP contribution in [0.15, 0.2) is 194 Å². The molecule has 0 aliphatic heterocycles. The van der Waals surface area contributed by atoms with Crippen molar-refractivity contribution in [3.05, 3.63) is 200 Å². The summed E-state index contributed by atoms with van der Waals surface area (Å²) in [6.45, 7) is 0. The Morgan fingerprint density at radius 2 is 1.07 bits per heavy atom. The van der Waals surface area contributed by atoms with Crippen LogP contribution >= 0.6 is 11.3 Å². The average Bonchev–Trinajstić information content (AvgIpc) is 3.85. The molecule has 55 heavy (non-hydrogen) atoms. The first kappa shape index (κ1) is 32.4. The fourth-order valence-corrected chi connectivity index (χ4v) is 8.71. The third-order valence-electron chi connectivity index (χ3n) is 10.2. The van der Waals surface area contributed by atoms with Gasteiger partial charge >= 0.3 is 0 Å². The van der Waals surface area contributed by atoms with Crippen LogP contribution in [0.1, 0.15) is 5.56 Å². The summed E-state index contributed by atoms with van der Waals surface area (Å²) < 4.78 is 3.56. The van der Waals surface area contributed by atoms with E-state index < -0.39 is 0 Å². The monoisotopic (exact) mass is 720 g/mol. The van der Waals surface area contributed by atoms with Gasteiger partial charge in [-0.25, -0.2) is 4.98 Å². The largest absolute Gasteiger partial charge is 0.311 e. The Morgan fingerprint density at radius 1 is 0.491 bits per heavy atom. The highest BCUT2D eigenvalue weighted by Crippen LogP contribution is 2.43. The number of rotatable bonds is 7. The number of hydrogen-bond acceptors (Lipinski definition) is 4. The smallest absolute Gasteiger partial charge is 0.124 e. The highest BCUT2D eigenvalue weighted by Gasteiger charge is 2.20. The van der Waals surface area contributed by atoms with Crippen LogP contribution in [0, 0.1) is 11.3 Å². The SMILES string of the molecule is N#Cc1ccc(-c2cccc(-n3c4ccc(-c5ccc(N(c6ccccc6)c6ccccc6)cc5)cc4c4ccc5nc(-c6ccccc6)sc5c43)c2)cc1.